The van der Waals surface area contributed by atoms with Crippen LogP contribution in [0.1, 0.15) is 25.6 Å². The molecular weight excluding hydrogens is 178 g/mol. The van der Waals surface area contributed by atoms with Crippen molar-refractivity contribution >= 4 is 5.91 Å². The second kappa shape index (κ2) is 3.12. The van der Waals surface area contributed by atoms with Gasteiger partial charge in [0.25, 0.3) is 0 Å². The van der Waals surface area contributed by atoms with Crippen molar-refractivity contribution in [3.63, 3.8) is 0 Å². The van der Waals surface area contributed by atoms with Gasteiger partial charge in [0.15, 0.2) is 0 Å². The number of nitrogens with one attached hydrogen (secondary N) is 1. The van der Waals surface area contributed by atoms with E-state index >= 15 is 0 Å². The molecule has 1 aromatic heterocycles. The van der Waals surface area contributed by atoms with E-state index in [4.69, 9.17) is 0 Å². The Kier molecular flexibility index (Phi) is 2.06. The molecule has 0 spiro atoms. The second-order valence-corrected chi connectivity index (χ2v) is 4.14. The van der Waals surface area contributed by atoms with Gasteiger partial charge in [-0.2, -0.15) is 5.10 Å². The first-order chi connectivity index (χ1) is 6.61. The fourth-order valence-electron chi connectivity index (χ4n) is 2.03. The first-order valence-corrected chi connectivity index (χ1v) is 4.89. The highest BCUT2D eigenvalue weighted by Gasteiger charge is 2.43. The van der Waals surface area contributed by atoms with E-state index in [9.17, 15) is 4.79 Å². The Morgan fingerprint density at radius 3 is 2.71 bits per heavy atom. The molecular formula is C10H15N3O. The average molecular weight is 193 g/mol. The van der Waals surface area contributed by atoms with E-state index in [1.54, 1.807) is 6.20 Å². The molecule has 1 aromatic rings. The van der Waals surface area contributed by atoms with Crippen molar-refractivity contribution in [2.45, 2.75) is 19.9 Å². The second-order valence-electron chi connectivity index (χ2n) is 4.14. The minimum Gasteiger partial charge on any atom is -0.347 e. The fourth-order valence-corrected chi connectivity index (χ4v) is 2.03. The number of hydrogen-bond acceptors (Lipinski definition) is 2. The van der Waals surface area contributed by atoms with E-state index in [1.165, 1.54) is 0 Å². The van der Waals surface area contributed by atoms with Gasteiger partial charge in [0.1, 0.15) is 0 Å². The van der Waals surface area contributed by atoms with Crippen molar-refractivity contribution in [2.24, 2.45) is 18.9 Å². The Hall–Kier alpha value is -1.32. The third-order valence-corrected chi connectivity index (χ3v) is 2.86. The third kappa shape index (κ3) is 1.22. The predicted octanol–water partition coefficient (Wildman–Crippen LogP) is 0.863. The summed E-state index contributed by atoms with van der Waals surface area (Å²) in [6, 6.07) is 2.11. The van der Waals surface area contributed by atoms with Gasteiger partial charge in [-0.3, -0.25) is 9.48 Å². The summed E-state index contributed by atoms with van der Waals surface area (Å²) in [5, 5.41) is 7.02. The number of carbonyl (C=O) groups is 1. The van der Waals surface area contributed by atoms with Crippen LogP contribution in [0.25, 0.3) is 0 Å². The Bertz CT molecular complexity index is 356. The third-order valence-electron chi connectivity index (χ3n) is 2.86. The van der Waals surface area contributed by atoms with Crippen LogP contribution in [0, 0.1) is 11.8 Å². The summed E-state index contributed by atoms with van der Waals surface area (Å²) < 4.78 is 1.82. The lowest BCUT2D eigenvalue weighted by atomic mass is 9.79. The first-order valence-electron chi connectivity index (χ1n) is 4.89. The van der Waals surface area contributed by atoms with Crippen LogP contribution in [0.15, 0.2) is 12.3 Å². The molecule has 2 rings (SSSR count). The van der Waals surface area contributed by atoms with Crippen LogP contribution in [0.2, 0.25) is 0 Å². The van der Waals surface area contributed by atoms with Crippen molar-refractivity contribution in [3.05, 3.63) is 18.0 Å². The van der Waals surface area contributed by atoms with Crippen molar-refractivity contribution in [1.29, 1.82) is 0 Å². The molecule has 0 aliphatic carbocycles. The summed E-state index contributed by atoms with van der Waals surface area (Å²) in [7, 11) is 1.90. The summed E-state index contributed by atoms with van der Waals surface area (Å²) >= 11 is 0. The summed E-state index contributed by atoms with van der Waals surface area (Å²) in [5.41, 5.74) is 1.09. The van der Waals surface area contributed by atoms with Gasteiger partial charge in [0.05, 0.1) is 17.7 Å². The highest BCUT2D eigenvalue weighted by molar-refractivity contribution is 5.86. The lowest BCUT2D eigenvalue weighted by Crippen LogP contribution is -2.54. The number of β-lactam (4-membered cyclic amide) rings is 1. The highest BCUT2D eigenvalue weighted by Crippen LogP contribution is 2.35. The molecule has 0 aromatic carbocycles. The summed E-state index contributed by atoms with van der Waals surface area (Å²) in [4.78, 5) is 11.3. The van der Waals surface area contributed by atoms with Gasteiger partial charge in [-0.05, 0) is 12.0 Å². The molecule has 1 amide bonds. The van der Waals surface area contributed by atoms with Crippen LogP contribution in [0.3, 0.4) is 0 Å². The minimum absolute atomic E-state index is 0.102. The molecule has 2 atom stereocenters. The molecule has 14 heavy (non-hydrogen) atoms. The minimum atomic E-state index is 0.102. The maximum absolute atomic E-state index is 11.3. The molecule has 76 valence electrons. The number of nitrogens with zero attached hydrogens (tertiary/aromatic N) is 2. The Morgan fingerprint density at radius 1 is 1.57 bits per heavy atom. The fraction of sp³-hybridized carbons (Fsp3) is 0.600. The first kappa shape index (κ1) is 9.24. The molecule has 0 radical (unpaired) electrons. The van der Waals surface area contributed by atoms with E-state index in [2.05, 4.69) is 24.3 Å². The quantitative estimate of drug-likeness (QED) is 0.708. The van der Waals surface area contributed by atoms with E-state index < -0.39 is 0 Å². The lowest BCUT2D eigenvalue weighted by molar-refractivity contribution is -0.137. The van der Waals surface area contributed by atoms with Crippen LogP contribution >= 0.6 is 0 Å². The number of aromatic nitrogens is 2. The lowest BCUT2D eigenvalue weighted by Gasteiger charge is -2.39. The molecule has 0 bridgehead atoms. The van der Waals surface area contributed by atoms with E-state index in [0.29, 0.717) is 5.92 Å². The van der Waals surface area contributed by atoms with Gasteiger partial charge < -0.3 is 5.32 Å². The normalized spacial score (nSPS) is 26.1. The van der Waals surface area contributed by atoms with Crippen LogP contribution < -0.4 is 5.32 Å². The van der Waals surface area contributed by atoms with Gasteiger partial charge >= 0.3 is 0 Å². The Labute approximate surface area is 83.3 Å². The zero-order valence-corrected chi connectivity index (χ0v) is 8.69. The van der Waals surface area contributed by atoms with E-state index in [0.717, 1.165) is 5.69 Å². The van der Waals surface area contributed by atoms with Crippen LogP contribution in [-0.2, 0) is 11.8 Å². The Morgan fingerprint density at radius 2 is 2.29 bits per heavy atom. The SMILES string of the molecule is CC(C)C1C(=O)NC1c1ccnn1C. The topological polar surface area (TPSA) is 46.9 Å². The smallest absolute Gasteiger partial charge is 0.226 e. The van der Waals surface area contributed by atoms with E-state index in [1.807, 2.05) is 17.8 Å². The van der Waals surface area contributed by atoms with Crippen LogP contribution in [0.4, 0.5) is 0 Å². The molecule has 1 fully saturated rings. The van der Waals surface area contributed by atoms with Gasteiger partial charge in [-0.15, -0.1) is 0 Å². The zero-order valence-electron chi connectivity index (χ0n) is 8.69. The molecule has 2 heterocycles. The van der Waals surface area contributed by atoms with Gasteiger partial charge in [0, 0.05) is 13.2 Å². The predicted molar refractivity (Wildman–Crippen MR) is 52.4 cm³/mol. The standard InChI is InChI=1S/C10H15N3O/c1-6(2)8-9(12-10(8)14)7-4-5-11-13(7)3/h4-6,8-9H,1-3H3,(H,12,14). The molecule has 0 saturated carbocycles. The van der Waals surface area contributed by atoms with Crippen molar-refractivity contribution < 1.29 is 4.79 Å². The Balaban J connectivity index is 2.22. The van der Waals surface area contributed by atoms with Crippen molar-refractivity contribution in [2.75, 3.05) is 0 Å². The molecule has 4 nitrogen and oxygen atoms in total. The zero-order chi connectivity index (χ0) is 10.3. The average Bonchev–Trinajstić information content (AvgIpc) is 2.45. The number of amides is 1. The molecule has 1 aliphatic heterocycles. The maximum atomic E-state index is 11.3. The summed E-state index contributed by atoms with van der Waals surface area (Å²) in [6.07, 6.45) is 1.76. The summed E-state index contributed by atoms with van der Waals surface area (Å²) in [5.74, 6) is 0.639. The van der Waals surface area contributed by atoms with Gasteiger partial charge in [-0.1, -0.05) is 13.8 Å². The van der Waals surface area contributed by atoms with Gasteiger partial charge in [0.2, 0.25) is 5.91 Å². The number of hydrogen-bond donors (Lipinski definition) is 1. The molecule has 2 unspecified atom stereocenters. The van der Waals surface area contributed by atoms with E-state index in [-0.39, 0.29) is 17.9 Å². The highest BCUT2D eigenvalue weighted by atomic mass is 16.2. The monoisotopic (exact) mass is 193 g/mol. The number of rotatable bonds is 2. The van der Waals surface area contributed by atoms with Crippen LogP contribution in [-0.4, -0.2) is 15.7 Å². The molecule has 1 N–H and O–H groups in total. The maximum Gasteiger partial charge on any atom is 0.226 e. The van der Waals surface area contributed by atoms with Crippen LogP contribution in [0.5, 0.6) is 0 Å². The number of carbonyl (C=O) groups excluding carboxylic acids is 1. The molecule has 1 saturated heterocycles. The number of aryl methyl sites for hydroxylation is 1. The molecule has 4 heteroatoms. The summed E-state index contributed by atoms with van der Waals surface area (Å²) in [6.45, 7) is 4.15. The van der Waals surface area contributed by atoms with Gasteiger partial charge in [-0.25, -0.2) is 0 Å². The molecule has 1 aliphatic rings. The van der Waals surface area contributed by atoms with Crippen molar-refractivity contribution in [3.8, 4) is 0 Å². The van der Waals surface area contributed by atoms with Crippen molar-refractivity contribution in [1.82, 2.24) is 15.1 Å². The largest absolute Gasteiger partial charge is 0.347 e.